The molecule has 0 unspecified atom stereocenters. The lowest BCUT2D eigenvalue weighted by molar-refractivity contribution is -0.122. The van der Waals surface area contributed by atoms with Gasteiger partial charge in [-0.05, 0) is 23.6 Å². The summed E-state index contributed by atoms with van der Waals surface area (Å²) in [5.41, 5.74) is 1.78. The molecule has 1 aromatic carbocycles. The summed E-state index contributed by atoms with van der Waals surface area (Å²) in [6, 6.07) is 7.43. The molecule has 0 saturated carbocycles. The molecule has 2 N–H and O–H groups in total. The molecule has 0 aliphatic rings. The van der Waals surface area contributed by atoms with E-state index < -0.39 is 0 Å². The molecule has 0 fully saturated rings. The Balaban J connectivity index is 2.44. The summed E-state index contributed by atoms with van der Waals surface area (Å²) in [6.07, 6.45) is 0.546. The van der Waals surface area contributed by atoms with Gasteiger partial charge in [0.25, 0.3) is 0 Å². The van der Waals surface area contributed by atoms with Crippen LogP contribution < -0.4 is 10.6 Å². The molecule has 1 rings (SSSR count). The van der Waals surface area contributed by atoms with E-state index in [9.17, 15) is 9.59 Å². The van der Waals surface area contributed by atoms with E-state index in [1.54, 1.807) is 0 Å². The smallest absolute Gasteiger partial charge is 0.221 e. The number of nitrogens with one attached hydrogen (secondary N) is 2. The van der Waals surface area contributed by atoms with Gasteiger partial charge in [0.05, 0.1) is 0 Å². The van der Waals surface area contributed by atoms with Crippen LogP contribution in [0.25, 0.3) is 0 Å². The van der Waals surface area contributed by atoms with Crippen LogP contribution in [0.5, 0.6) is 0 Å². The summed E-state index contributed by atoms with van der Waals surface area (Å²) in [7, 11) is 0. The standard InChI is InChI=1S/C14H20N2O2/c1-10(2)8-14(18)15-9-12-4-6-13(7-5-12)16-11(3)17/h4-7,10H,8-9H2,1-3H3,(H,15,18)(H,16,17). The average molecular weight is 248 g/mol. The number of carbonyl (C=O) groups is 2. The van der Waals surface area contributed by atoms with Crippen molar-refractivity contribution in [3.8, 4) is 0 Å². The van der Waals surface area contributed by atoms with E-state index >= 15 is 0 Å². The zero-order valence-electron chi connectivity index (χ0n) is 11.1. The van der Waals surface area contributed by atoms with E-state index in [4.69, 9.17) is 0 Å². The summed E-state index contributed by atoms with van der Waals surface area (Å²) in [6.45, 7) is 6.02. The van der Waals surface area contributed by atoms with E-state index in [0.29, 0.717) is 18.9 Å². The monoisotopic (exact) mass is 248 g/mol. The normalized spacial score (nSPS) is 10.2. The van der Waals surface area contributed by atoms with Gasteiger partial charge in [-0.3, -0.25) is 9.59 Å². The van der Waals surface area contributed by atoms with Crippen LogP contribution in [0.1, 0.15) is 32.8 Å². The second kappa shape index (κ2) is 6.79. The Morgan fingerprint density at radius 3 is 2.28 bits per heavy atom. The SMILES string of the molecule is CC(=O)Nc1ccc(CNC(=O)CC(C)C)cc1. The highest BCUT2D eigenvalue weighted by molar-refractivity contribution is 5.88. The molecule has 0 saturated heterocycles. The first-order valence-corrected chi connectivity index (χ1v) is 6.10. The van der Waals surface area contributed by atoms with E-state index in [2.05, 4.69) is 10.6 Å². The summed E-state index contributed by atoms with van der Waals surface area (Å²) >= 11 is 0. The first kappa shape index (κ1) is 14.2. The van der Waals surface area contributed by atoms with Crippen molar-refractivity contribution in [1.29, 1.82) is 0 Å². The minimum Gasteiger partial charge on any atom is -0.352 e. The van der Waals surface area contributed by atoms with Gasteiger partial charge < -0.3 is 10.6 Å². The van der Waals surface area contributed by atoms with Gasteiger partial charge in [0, 0.05) is 25.6 Å². The molecule has 0 atom stereocenters. The number of hydrogen-bond acceptors (Lipinski definition) is 2. The molecule has 98 valence electrons. The van der Waals surface area contributed by atoms with E-state index in [0.717, 1.165) is 11.3 Å². The summed E-state index contributed by atoms with van der Waals surface area (Å²) in [4.78, 5) is 22.3. The van der Waals surface area contributed by atoms with Crippen LogP contribution in [0.4, 0.5) is 5.69 Å². The van der Waals surface area contributed by atoms with Crippen molar-refractivity contribution in [2.45, 2.75) is 33.7 Å². The number of carbonyl (C=O) groups excluding carboxylic acids is 2. The van der Waals surface area contributed by atoms with E-state index in [1.165, 1.54) is 6.92 Å². The van der Waals surface area contributed by atoms with Crippen molar-refractivity contribution in [1.82, 2.24) is 5.32 Å². The molecule has 0 bridgehead atoms. The van der Waals surface area contributed by atoms with Gasteiger partial charge >= 0.3 is 0 Å². The molecule has 4 nitrogen and oxygen atoms in total. The molecule has 0 aliphatic carbocycles. The Bertz CT molecular complexity index is 410. The first-order valence-electron chi connectivity index (χ1n) is 6.10. The average Bonchev–Trinajstić information content (AvgIpc) is 2.26. The number of benzene rings is 1. The van der Waals surface area contributed by atoms with Gasteiger partial charge in [-0.15, -0.1) is 0 Å². The predicted octanol–water partition coefficient (Wildman–Crippen LogP) is 2.31. The second-order valence-electron chi connectivity index (χ2n) is 4.75. The lowest BCUT2D eigenvalue weighted by atomic mass is 10.1. The molecule has 0 aliphatic heterocycles. The predicted molar refractivity (Wildman–Crippen MR) is 72.0 cm³/mol. The van der Waals surface area contributed by atoms with Crippen LogP contribution in [-0.2, 0) is 16.1 Å². The maximum Gasteiger partial charge on any atom is 0.221 e. The molecule has 2 amide bonds. The van der Waals surface area contributed by atoms with Gasteiger partial charge in [-0.2, -0.15) is 0 Å². The fraction of sp³-hybridized carbons (Fsp3) is 0.429. The lowest BCUT2D eigenvalue weighted by Crippen LogP contribution is -2.23. The molecular formula is C14H20N2O2. The van der Waals surface area contributed by atoms with Gasteiger partial charge in [0.15, 0.2) is 0 Å². The molecule has 0 radical (unpaired) electrons. The minimum atomic E-state index is -0.0898. The van der Waals surface area contributed by atoms with Crippen molar-refractivity contribution < 1.29 is 9.59 Å². The van der Waals surface area contributed by atoms with E-state index in [-0.39, 0.29) is 11.8 Å². The molecular weight excluding hydrogens is 228 g/mol. The van der Waals surface area contributed by atoms with Crippen LogP contribution in [0.3, 0.4) is 0 Å². The molecule has 1 aromatic rings. The largest absolute Gasteiger partial charge is 0.352 e. The minimum absolute atomic E-state index is 0.0657. The Hall–Kier alpha value is -1.84. The highest BCUT2D eigenvalue weighted by atomic mass is 16.2. The van der Waals surface area contributed by atoms with Gasteiger partial charge in [0.2, 0.25) is 11.8 Å². The molecule has 0 spiro atoms. The third kappa shape index (κ3) is 5.48. The van der Waals surface area contributed by atoms with Crippen molar-refractivity contribution in [3.63, 3.8) is 0 Å². The second-order valence-corrected chi connectivity index (χ2v) is 4.75. The number of hydrogen-bond donors (Lipinski definition) is 2. The summed E-state index contributed by atoms with van der Waals surface area (Å²) in [5.74, 6) is 0.344. The van der Waals surface area contributed by atoms with Crippen LogP contribution in [0.2, 0.25) is 0 Å². The number of rotatable bonds is 5. The zero-order valence-corrected chi connectivity index (χ0v) is 11.1. The maximum absolute atomic E-state index is 11.5. The van der Waals surface area contributed by atoms with Gasteiger partial charge in [-0.25, -0.2) is 0 Å². The Morgan fingerprint density at radius 2 is 1.78 bits per heavy atom. The van der Waals surface area contributed by atoms with Crippen LogP contribution in [-0.4, -0.2) is 11.8 Å². The summed E-state index contributed by atoms with van der Waals surface area (Å²) < 4.78 is 0. The van der Waals surface area contributed by atoms with Crippen molar-refractivity contribution in [3.05, 3.63) is 29.8 Å². The van der Waals surface area contributed by atoms with Gasteiger partial charge in [0.1, 0.15) is 0 Å². The van der Waals surface area contributed by atoms with Gasteiger partial charge in [-0.1, -0.05) is 26.0 Å². The molecule has 18 heavy (non-hydrogen) atoms. The molecule has 0 aromatic heterocycles. The fourth-order valence-corrected chi connectivity index (χ4v) is 1.55. The quantitative estimate of drug-likeness (QED) is 0.840. The Morgan fingerprint density at radius 1 is 1.17 bits per heavy atom. The maximum atomic E-state index is 11.5. The third-order valence-electron chi connectivity index (χ3n) is 2.36. The zero-order chi connectivity index (χ0) is 13.5. The first-order chi connectivity index (χ1) is 8.47. The number of amides is 2. The third-order valence-corrected chi connectivity index (χ3v) is 2.36. The van der Waals surface area contributed by atoms with Crippen LogP contribution in [0.15, 0.2) is 24.3 Å². The van der Waals surface area contributed by atoms with Crippen molar-refractivity contribution in [2.24, 2.45) is 5.92 Å². The Labute approximate surface area is 108 Å². The lowest BCUT2D eigenvalue weighted by Gasteiger charge is -2.08. The molecule has 0 heterocycles. The summed E-state index contributed by atoms with van der Waals surface area (Å²) in [5, 5.41) is 5.56. The van der Waals surface area contributed by atoms with Crippen LogP contribution >= 0.6 is 0 Å². The number of anilines is 1. The fourth-order valence-electron chi connectivity index (χ4n) is 1.55. The van der Waals surface area contributed by atoms with E-state index in [1.807, 2.05) is 38.1 Å². The Kier molecular flexibility index (Phi) is 5.36. The van der Waals surface area contributed by atoms with Crippen molar-refractivity contribution >= 4 is 17.5 Å². The van der Waals surface area contributed by atoms with Crippen molar-refractivity contribution in [2.75, 3.05) is 5.32 Å². The highest BCUT2D eigenvalue weighted by Crippen LogP contribution is 2.09. The molecule has 4 heteroatoms. The topological polar surface area (TPSA) is 58.2 Å². The van der Waals surface area contributed by atoms with Crippen LogP contribution in [0, 0.1) is 5.92 Å². The highest BCUT2D eigenvalue weighted by Gasteiger charge is 2.04.